The minimum absolute atomic E-state index is 0.384. The third-order valence-electron chi connectivity index (χ3n) is 0.802. The molecule has 0 bridgehead atoms. The summed E-state index contributed by atoms with van der Waals surface area (Å²) in [6.45, 7) is 5.89. The van der Waals surface area contributed by atoms with Crippen molar-refractivity contribution in [1.82, 2.24) is 0 Å². The molecule has 0 aromatic carbocycles. The second-order valence-electron chi connectivity index (χ2n) is 1.90. The Morgan fingerprint density at radius 3 is 1.78 bits per heavy atom. The SMILES string of the molecule is CCC#N.CCC(C)N. The Morgan fingerprint density at radius 1 is 1.56 bits per heavy atom. The maximum absolute atomic E-state index is 7.62. The number of nitrogens with two attached hydrogens (primary N) is 1. The van der Waals surface area contributed by atoms with E-state index in [2.05, 4.69) is 6.92 Å². The number of hydrogen-bond donors (Lipinski definition) is 1. The van der Waals surface area contributed by atoms with Crippen LogP contribution in [0.1, 0.15) is 33.6 Å². The van der Waals surface area contributed by atoms with Gasteiger partial charge in [0.1, 0.15) is 0 Å². The molecule has 0 aromatic heterocycles. The van der Waals surface area contributed by atoms with Gasteiger partial charge >= 0.3 is 0 Å². The molecule has 9 heavy (non-hydrogen) atoms. The van der Waals surface area contributed by atoms with Crippen molar-refractivity contribution in [3.8, 4) is 6.07 Å². The molecule has 0 spiro atoms. The van der Waals surface area contributed by atoms with E-state index in [1.165, 1.54) is 0 Å². The Morgan fingerprint density at radius 2 is 1.78 bits per heavy atom. The highest BCUT2D eigenvalue weighted by Gasteiger charge is 1.79. The minimum atomic E-state index is 0.384. The van der Waals surface area contributed by atoms with Crippen LogP contribution in [0.3, 0.4) is 0 Å². The number of nitriles is 1. The summed E-state index contributed by atoms with van der Waals surface area (Å²) in [6.07, 6.45) is 1.71. The predicted molar refractivity (Wildman–Crippen MR) is 39.8 cm³/mol. The Kier molecular flexibility index (Phi) is 13.1. The third kappa shape index (κ3) is 36.9. The Labute approximate surface area is 57.7 Å². The van der Waals surface area contributed by atoms with Crippen LogP contribution in [0, 0.1) is 11.3 Å². The smallest absolute Gasteiger partial charge is 0.0618 e. The van der Waals surface area contributed by atoms with Crippen molar-refractivity contribution in [2.75, 3.05) is 0 Å². The number of nitrogens with zero attached hydrogens (tertiary/aromatic N) is 1. The Hall–Kier alpha value is -0.550. The van der Waals surface area contributed by atoms with Crippen LogP contribution in [0.5, 0.6) is 0 Å². The highest BCUT2D eigenvalue weighted by Crippen LogP contribution is 1.77. The first-order valence-electron chi connectivity index (χ1n) is 3.31. The molecule has 0 saturated heterocycles. The average molecular weight is 128 g/mol. The standard InChI is InChI=1S/C4H11N.C3H5N/c1-3-4(2)5;1-2-3-4/h4H,3,5H2,1-2H3;2H2,1H3. The molecule has 2 heteroatoms. The first-order valence-corrected chi connectivity index (χ1v) is 3.31. The van der Waals surface area contributed by atoms with Gasteiger partial charge in [0.2, 0.25) is 0 Å². The third-order valence-corrected chi connectivity index (χ3v) is 0.802. The van der Waals surface area contributed by atoms with E-state index in [1.807, 2.05) is 19.9 Å². The summed E-state index contributed by atoms with van der Waals surface area (Å²) in [5.41, 5.74) is 5.29. The van der Waals surface area contributed by atoms with Gasteiger partial charge in [-0.2, -0.15) is 5.26 Å². The molecule has 2 N–H and O–H groups in total. The fourth-order valence-corrected chi connectivity index (χ4v) is 0. The summed E-state index contributed by atoms with van der Waals surface area (Å²) in [4.78, 5) is 0. The van der Waals surface area contributed by atoms with E-state index in [-0.39, 0.29) is 0 Å². The molecule has 54 valence electrons. The zero-order valence-electron chi connectivity index (χ0n) is 6.52. The molecule has 0 saturated carbocycles. The lowest BCUT2D eigenvalue weighted by Crippen LogP contribution is -2.11. The van der Waals surface area contributed by atoms with Crippen molar-refractivity contribution in [3.05, 3.63) is 0 Å². The van der Waals surface area contributed by atoms with Gasteiger partial charge in [-0.05, 0) is 13.3 Å². The normalized spacial score (nSPS) is 10.6. The first-order chi connectivity index (χ1) is 4.18. The largest absolute Gasteiger partial charge is 0.328 e. The summed E-state index contributed by atoms with van der Waals surface area (Å²) in [5.74, 6) is 0. The van der Waals surface area contributed by atoms with Crippen molar-refractivity contribution in [2.24, 2.45) is 5.73 Å². The predicted octanol–water partition coefficient (Wildman–Crippen LogP) is 1.66. The van der Waals surface area contributed by atoms with Crippen molar-refractivity contribution in [1.29, 1.82) is 5.26 Å². The van der Waals surface area contributed by atoms with Crippen molar-refractivity contribution in [2.45, 2.75) is 39.7 Å². The lowest BCUT2D eigenvalue weighted by atomic mass is 10.3. The summed E-state index contributed by atoms with van der Waals surface area (Å²) in [5, 5.41) is 7.62. The van der Waals surface area contributed by atoms with Gasteiger partial charge in [-0.1, -0.05) is 13.8 Å². The fraction of sp³-hybridized carbons (Fsp3) is 0.857. The number of hydrogen-bond acceptors (Lipinski definition) is 2. The van der Waals surface area contributed by atoms with E-state index < -0.39 is 0 Å². The molecule has 1 atom stereocenters. The van der Waals surface area contributed by atoms with Crippen LogP contribution < -0.4 is 5.73 Å². The molecule has 0 heterocycles. The molecule has 0 radical (unpaired) electrons. The van der Waals surface area contributed by atoms with E-state index in [4.69, 9.17) is 11.0 Å². The molecule has 0 rings (SSSR count). The van der Waals surface area contributed by atoms with Crippen LogP contribution in [-0.2, 0) is 0 Å². The second-order valence-corrected chi connectivity index (χ2v) is 1.90. The van der Waals surface area contributed by atoms with Crippen molar-refractivity contribution >= 4 is 0 Å². The van der Waals surface area contributed by atoms with E-state index in [1.54, 1.807) is 0 Å². The van der Waals surface area contributed by atoms with E-state index in [0.717, 1.165) is 6.42 Å². The van der Waals surface area contributed by atoms with Crippen LogP contribution in [0.15, 0.2) is 0 Å². The van der Waals surface area contributed by atoms with Crippen LogP contribution in [-0.4, -0.2) is 6.04 Å². The Bertz CT molecular complexity index is 71.5. The maximum atomic E-state index is 7.62. The molecule has 0 fully saturated rings. The van der Waals surface area contributed by atoms with Gasteiger partial charge in [-0.15, -0.1) is 0 Å². The lowest BCUT2D eigenvalue weighted by molar-refractivity contribution is 0.715. The van der Waals surface area contributed by atoms with Gasteiger partial charge in [-0.25, -0.2) is 0 Å². The molecule has 0 aliphatic carbocycles. The zero-order chi connectivity index (χ0) is 7.70. The highest BCUT2D eigenvalue weighted by atomic mass is 14.6. The van der Waals surface area contributed by atoms with Gasteiger partial charge in [0.15, 0.2) is 0 Å². The molecule has 0 amide bonds. The van der Waals surface area contributed by atoms with Gasteiger partial charge in [0, 0.05) is 12.5 Å². The fourth-order valence-electron chi connectivity index (χ4n) is 0. The summed E-state index contributed by atoms with van der Waals surface area (Å²) < 4.78 is 0. The topological polar surface area (TPSA) is 49.8 Å². The maximum Gasteiger partial charge on any atom is 0.0618 e. The van der Waals surface area contributed by atoms with Crippen molar-refractivity contribution < 1.29 is 0 Å². The Balaban J connectivity index is 0. The molecule has 0 aliphatic heterocycles. The molecule has 0 aromatic rings. The molecule has 1 unspecified atom stereocenters. The summed E-state index contributed by atoms with van der Waals surface area (Å²) in [6, 6.07) is 2.31. The van der Waals surface area contributed by atoms with Crippen molar-refractivity contribution in [3.63, 3.8) is 0 Å². The van der Waals surface area contributed by atoms with E-state index in [9.17, 15) is 0 Å². The van der Waals surface area contributed by atoms with Crippen LogP contribution >= 0.6 is 0 Å². The van der Waals surface area contributed by atoms with Gasteiger partial charge in [0.25, 0.3) is 0 Å². The first kappa shape index (κ1) is 11.3. The van der Waals surface area contributed by atoms with Crippen LogP contribution in [0.2, 0.25) is 0 Å². The number of rotatable bonds is 1. The van der Waals surface area contributed by atoms with Crippen LogP contribution in [0.4, 0.5) is 0 Å². The van der Waals surface area contributed by atoms with Crippen LogP contribution in [0.25, 0.3) is 0 Å². The summed E-state index contributed by atoms with van der Waals surface area (Å²) in [7, 11) is 0. The van der Waals surface area contributed by atoms with Gasteiger partial charge in [0.05, 0.1) is 6.07 Å². The molecule has 2 nitrogen and oxygen atoms in total. The van der Waals surface area contributed by atoms with Gasteiger partial charge in [-0.3, -0.25) is 0 Å². The zero-order valence-corrected chi connectivity index (χ0v) is 6.52. The second kappa shape index (κ2) is 10.4. The highest BCUT2D eigenvalue weighted by molar-refractivity contribution is 4.61. The molecular weight excluding hydrogens is 112 g/mol. The van der Waals surface area contributed by atoms with E-state index >= 15 is 0 Å². The molecule has 0 aliphatic rings. The molecular formula is C7H16N2. The quantitative estimate of drug-likeness (QED) is 0.584. The summed E-state index contributed by atoms with van der Waals surface area (Å²) >= 11 is 0. The van der Waals surface area contributed by atoms with Gasteiger partial charge < -0.3 is 5.73 Å². The lowest BCUT2D eigenvalue weighted by Gasteiger charge is -1.91. The monoisotopic (exact) mass is 128 g/mol. The minimum Gasteiger partial charge on any atom is -0.328 e. The van der Waals surface area contributed by atoms with E-state index in [0.29, 0.717) is 12.5 Å². The average Bonchev–Trinajstić information content (AvgIpc) is 1.89.